The fraction of sp³-hybridized carbons (Fsp3) is 0.480. The number of hydrogen-bond acceptors (Lipinski definition) is 6. The van der Waals surface area contributed by atoms with Crippen LogP contribution < -0.4 is 10.2 Å². The number of alkyl carbamates (subject to hydrolysis) is 1. The van der Waals surface area contributed by atoms with Gasteiger partial charge in [-0.1, -0.05) is 30.3 Å². The lowest BCUT2D eigenvalue weighted by molar-refractivity contribution is -0.119. The second kappa shape index (κ2) is 11.1. The van der Waals surface area contributed by atoms with Crippen LogP contribution in [0.15, 0.2) is 42.6 Å². The molecule has 2 heterocycles. The van der Waals surface area contributed by atoms with E-state index in [0.717, 1.165) is 10.5 Å². The maximum atomic E-state index is 13.9. The molecule has 0 unspecified atom stereocenters. The van der Waals surface area contributed by atoms with E-state index >= 15 is 0 Å². The Morgan fingerprint density at radius 3 is 2.58 bits per heavy atom. The lowest BCUT2D eigenvalue weighted by Crippen LogP contribution is -2.37. The first-order valence-electron chi connectivity index (χ1n) is 12.1. The van der Waals surface area contributed by atoms with E-state index < -0.39 is 37.4 Å². The van der Waals surface area contributed by atoms with Gasteiger partial charge in [0.25, 0.3) is 0 Å². The third-order valence-corrected chi connectivity index (χ3v) is 6.54. The van der Waals surface area contributed by atoms with E-state index in [2.05, 4.69) is 15.4 Å². The highest BCUT2D eigenvalue weighted by Crippen LogP contribution is 2.41. The molecule has 1 aliphatic rings. The number of anilines is 1. The third kappa shape index (κ3) is 6.88. The largest absolute Gasteiger partial charge is 0.445 e. The fourth-order valence-corrected chi connectivity index (χ4v) is 4.64. The van der Waals surface area contributed by atoms with Crippen molar-refractivity contribution in [1.29, 1.82) is 0 Å². The second-order valence-corrected chi connectivity index (χ2v) is 9.45. The molecule has 4 rings (SSSR count). The van der Waals surface area contributed by atoms with Gasteiger partial charge in [-0.3, -0.25) is 0 Å². The summed E-state index contributed by atoms with van der Waals surface area (Å²) < 4.78 is 73.2. The SMILES string of the molecule is CN(CC(F)(F)F)c1cc2nc([C@@H](NC(=O)OCc3ccccc3)C3CCC(F)(F)CC3)cn2nc1CO. The highest BCUT2D eigenvalue weighted by atomic mass is 19.4. The number of ether oxygens (including phenoxy) is 1. The molecule has 0 spiro atoms. The predicted octanol–water partition coefficient (Wildman–Crippen LogP) is 5.01. The molecule has 1 aliphatic carbocycles. The third-order valence-electron chi connectivity index (χ3n) is 6.54. The molecule has 13 heteroatoms. The smallest absolute Gasteiger partial charge is 0.408 e. The number of benzene rings is 1. The Hall–Kier alpha value is -3.48. The van der Waals surface area contributed by atoms with E-state index in [4.69, 9.17) is 4.74 Å². The molecule has 0 bridgehead atoms. The Balaban J connectivity index is 1.61. The zero-order valence-corrected chi connectivity index (χ0v) is 20.6. The summed E-state index contributed by atoms with van der Waals surface area (Å²) in [5.74, 6) is -3.17. The lowest BCUT2D eigenvalue weighted by atomic mass is 9.81. The first kappa shape index (κ1) is 27.6. The van der Waals surface area contributed by atoms with Gasteiger partial charge in [0.2, 0.25) is 5.92 Å². The van der Waals surface area contributed by atoms with Crippen molar-refractivity contribution in [3.63, 3.8) is 0 Å². The number of imidazole rings is 1. The average Bonchev–Trinajstić information content (AvgIpc) is 3.28. The molecule has 1 aromatic carbocycles. The van der Waals surface area contributed by atoms with Crippen molar-refractivity contribution < 1.29 is 36.6 Å². The Kier molecular flexibility index (Phi) is 8.05. The van der Waals surface area contributed by atoms with Crippen LogP contribution in [0.25, 0.3) is 5.65 Å². The molecule has 2 N–H and O–H groups in total. The number of nitrogens with one attached hydrogen (secondary N) is 1. The number of rotatable bonds is 8. The summed E-state index contributed by atoms with van der Waals surface area (Å²) in [4.78, 5) is 18.1. The monoisotopic (exact) mass is 541 g/mol. The molecule has 38 heavy (non-hydrogen) atoms. The highest BCUT2D eigenvalue weighted by molar-refractivity contribution is 5.68. The molecule has 1 saturated carbocycles. The van der Waals surface area contributed by atoms with Gasteiger partial charge < -0.3 is 20.1 Å². The number of carbonyl (C=O) groups is 1. The van der Waals surface area contributed by atoms with Crippen LogP contribution in [0, 0.1) is 5.92 Å². The number of halogens is 5. The molecule has 8 nitrogen and oxygen atoms in total. The van der Waals surface area contributed by atoms with E-state index in [-0.39, 0.29) is 55.2 Å². The van der Waals surface area contributed by atoms with Gasteiger partial charge >= 0.3 is 12.3 Å². The molecular weight excluding hydrogens is 513 g/mol. The van der Waals surface area contributed by atoms with Gasteiger partial charge in [-0.2, -0.15) is 18.3 Å². The number of carbonyl (C=O) groups excluding carboxylic acids is 1. The van der Waals surface area contributed by atoms with Crippen LogP contribution in [-0.2, 0) is 18.0 Å². The van der Waals surface area contributed by atoms with Crippen molar-refractivity contribution in [3.05, 3.63) is 59.5 Å². The number of aromatic nitrogens is 3. The van der Waals surface area contributed by atoms with Crippen LogP contribution in [0.3, 0.4) is 0 Å². The number of hydrogen-bond donors (Lipinski definition) is 2. The molecule has 1 atom stereocenters. The van der Waals surface area contributed by atoms with Crippen molar-refractivity contribution in [1.82, 2.24) is 19.9 Å². The number of aliphatic hydroxyl groups is 1. The Labute approximate surface area is 215 Å². The first-order valence-corrected chi connectivity index (χ1v) is 12.1. The van der Waals surface area contributed by atoms with Crippen molar-refractivity contribution >= 4 is 17.4 Å². The number of amides is 1. The van der Waals surface area contributed by atoms with E-state index in [1.807, 2.05) is 6.07 Å². The lowest BCUT2D eigenvalue weighted by Gasteiger charge is -2.33. The van der Waals surface area contributed by atoms with Crippen LogP contribution >= 0.6 is 0 Å². The quantitative estimate of drug-likeness (QED) is 0.390. The maximum Gasteiger partial charge on any atom is 0.408 e. The zero-order valence-electron chi connectivity index (χ0n) is 20.6. The van der Waals surface area contributed by atoms with Crippen molar-refractivity contribution in [2.45, 2.75) is 57.0 Å². The van der Waals surface area contributed by atoms with Crippen LogP contribution in [0.4, 0.5) is 32.4 Å². The van der Waals surface area contributed by atoms with Crippen molar-refractivity contribution in [3.8, 4) is 0 Å². The normalized spacial score (nSPS) is 16.8. The molecule has 3 aromatic rings. The van der Waals surface area contributed by atoms with E-state index in [1.165, 1.54) is 23.8 Å². The minimum atomic E-state index is -4.48. The zero-order chi connectivity index (χ0) is 27.5. The average molecular weight is 542 g/mol. The molecular formula is C25H28F5N5O3. The predicted molar refractivity (Wildman–Crippen MR) is 128 cm³/mol. The second-order valence-electron chi connectivity index (χ2n) is 9.45. The van der Waals surface area contributed by atoms with Crippen molar-refractivity contribution in [2.24, 2.45) is 5.92 Å². The summed E-state index contributed by atoms with van der Waals surface area (Å²) in [5.41, 5.74) is 1.27. The summed E-state index contributed by atoms with van der Waals surface area (Å²) in [6.45, 7) is -1.88. The summed E-state index contributed by atoms with van der Waals surface area (Å²) >= 11 is 0. The van der Waals surface area contributed by atoms with E-state index in [9.17, 15) is 31.9 Å². The van der Waals surface area contributed by atoms with Gasteiger partial charge in [-0.25, -0.2) is 23.1 Å². The molecule has 2 aromatic heterocycles. The van der Waals surface area contributed by atoms with Gasteiger partial charge in [0.1, 0.15) is 18.8 Å². The van der Waals surface area contributed by atoms with Gasteiger partial charge in [-0.15, -0.1) is 0 Å². The Morgan fingerprint density at radius 1 is 1.26 bits per heavy atom. The van der Waals surface area contributed by atoms with Crippen LogP contribution in [-0.4, -0.2) is 51.5 Å². The molecule has 1 fully saturated rings. The number of fused-ring (bicyclic) bond motifs is 1. The number of alkyl halides is 5. The number of nitrogens with zero attached hydrogens (tertiary/aromatic N) is 4. The van der Waals surface area contributed by atoms with Crippen LogP contribution in [0.2, 0.25) is 0 Å². The minimum Gasteiger partial charge on any atom is -0.445 e. The first-order chi connectivity index (χ1) is 17.9. The summed E-state index contributed by atoms with van der Waals surface area (Å²) in [6, 6.07) is 9.54. The van der Waals surface area contributed by atoms with Crippen LogP contribution in [0.5, 0.6) is 0 Å². The molecule has 1 amide bonds. The maximum absolute atomic E-state index is 13.9. The number of aliphatic hydroxyl groups excluding tert-OH is 1. The van der Waals surface area contributed by atoms with Gasteiger partial charge in [0.05, 0.1) is 30.2 Å². The minimum absolute atomic E-state index is 0.00251. The molecule has 206 valence electrons. The Bertz CT molecular complexity index is 1240. The van der Waals surface area contributed by atoms with Crippen molar-refractivity contribution in [2.75, 3.05) is 18.5 Å². The van der Waals surface area contributed by atoms with E-state index in [1.54, 1.807) is 24.3 Å². The highest BCUT2D eigenvalue weighted by Gasteiger charge is 2.39. The van der Waals surface area contributed by atoms with Gasteiger partial charge in [-0.05, 0) is 24.3 Å². The van der Waals surface area contributed by atoms with Gasteiger partial charge in [0.15, 0.2) is 5.65 Å². The summed E-state index contributed by atoms with van der Waals surface area (Å²) in [5, 5.41) is 16.7. The van der Waals surface area contributed by atoms with Gasteiger partial charge in [0, 0.05) is 26.0 Å². The molecule has 0 radical (unpaired) electrons. The van der Waals surface area contributed by atoms with Crippen LogP contribution in [0.1, 0.15) is 48.7 Å². The summed E-state index contributed by atoms with van der Waals surface area (Å²) in [7, 11) is 1.22. The molecule has 0 saturated heterocycles. The molecule has 0 aliphatic heterocycles. The van der Waals surface area contributed by atoms with E-state index in [0.29, 0.717) is 5.69 Å². The topological polar surface area (TPSA) is 92.0 Å². The fourth-order valence-electron chi connectivity index (χ4n) is 4.64. The standard InChI is InChI=1S/C25H28F5N5O3/c1-34(15-25(28,29)30)20-11-21-31-18(12-35(21)33-19(20)13-36)22(17-7-9-24(26,27)10-8-17)32-23(37)38-14-16-5-3-2-4-6-16/h2-6,11-12,17,22,36H,7-10,13-15H2,1H3,(H,32,37)/t22-/m0/s1. The summed E-state index contributed by atoms with van der Waals surface area (Å²) in [6.07, 6.45) is -4.21. The Morgan fingerprint density at radius 2 is 1.95 bits per heavy atom.